The number of carbonyl (C=O) groups is 2. The number of methoxy groups -OCH3 is 1. The first-order chi connectivity index (χ1) is 17.3. The van der Waals surface area contributed by atoms with Gasteiger partial charge in [-0.3, -0.25) is 13.7 Å². The number of hydrogen-bond donors (Lipinski definition) is 2. The van der Waals surface area contributed by atoms with E-state index in [2.05, 4.69) is 5.16 Å². The second-order valence-corrected chi connectivity index (χ2v) is 9.42. The third-order valence-corrected chi connectivity index (χ3v) is 7.11. The molecule has 0 bridgehead atoms. The van der Waals surface area contributed by atoms with Crippen LogP contribution in [0.15, 0.2) is 59.1 Å². The lowest BCUT2D eigenvalue weighted by molar-refractivity contribution is -0.140. The number of ether oxygens (including phenoxy) is 1. The van der Waals surface area contributed by atoms with Crippen LogP contribution in [0.5, 0.6) is 5.75 Å². The molecule has 1 saturated heterocycles. The summed E-state index contributed by atoms with van der Waals surface area (Å²) in [6.45, 7) is 2.31. The Kier molecular flexibility index (Phi) is 7.70. The summed E-state index contributed by atoms with van der Waals surface area (Å²) in [6.07, 6.45) is 0.717. The lowest BCUT2D eigenvalue weighted by atomic mass is 9.89. The fourth-order valence-corrected chi connectivity index (χ4v) is 5.23. The molecule has 10 nitrogen and oxygen atoms in total. The molecule has 1 aliphatic rings. The number of carboxylic acids is 1. The SMILES string of the molecule is COc1ccc(-c2ccc(N(C(C(=O)O)C3CCN(C(=O)c4cc(C)on4)CC3)S(=O)O)cc2)cc1. The van der Waals surface area contributed by atoms with Crippen LogP contribution in [0.2, 0.25) is 0 Å². The number of benzene rings is 2. The molecule has 1 amide bonds. The fourth-order valence-electron chi connectivity index (χ4n) is 4.47. The molecule has 1 fully saturated rings. The second kappa shape index (κ2) is 10.9. The fraction of sp³-hybridized carbons (Fsp3) is 0.320. The van der Waals surface area contributed by atoms with Gasteiger partial charge in [0.25, 0.3) is 17.2 Å². The quantitative estimate of drug-likeness (QED) is 0.437. The molecule has 1 aliphatic heterocycles. The number of amides is 1. The smallest absolute Gasteiger partial charge is 0.327 e. The summed E-state index contributed by atoms with van der Waals surface area (Å²) >= 11 is -2.57. The zero-order chi connectivity index (χ0) is 25.8. The van der Waals surface area contributed by atoms with E-state index in [1.807, 2.05) is 24.3 Å². The van der Waals surface area contributed by atoms with Gasteiger partial charge in [-0.2, -0.15) is 0 Å². The van der Waals surface area contributed by atoms with Gasteiger partial charge in [-0.05, 0) is 61.1 Å². The van der Waals surface area contributed by atoms with Gasteiger partial charge in [0.15, 0.2) is 5.69 Å². The maximum Gasteiger partial charge on any atom is 0.327 e. The van der Waals surface area contributed by atoms with Crippen LogP contribution >= 0.6 is 0 Å². The zero-order valence-electron chi connectivity index (χ0n) is 19.9. The summed E-state index contributed by atoms with van der Waals surface area (Å²) in [6, 6.07) is 14.6. The van der Waals surface area contributed by atoms with Crippen LogP contribution in [0.4, 0.5) is 5.69 Å². The molecule has 0 radical (unpaired) electrons. The average molecular weight is 514 g/mol. The Balaban J connectivity index is 1.51. The Labute approximate surface area is 210 Å². The Morgan fingerprint density at radius 3 is 2.17 bits per heavy atom. The van der Waals surface area contributed by atoms with Crippen LogP contribution in [0, 0.1) is 12.8 Å². The molecule has 2 aromatic carbocycles. The van der Waals surface area contributed by atoms with Gasteiger partial charge in [0.05, 0.1) is 12.8 Å². The predicted molar refractivity (Wildman–Crippen MR) is 133 cm³/mol. The van der Waals surface area contributed by atoms with Crippen LogP contribution in [-0.4, -0.2) is 62.0 Å². The standard InChI is InChI=1S/C25H27N3O7S/c1-16-15-22(26-35-16)24(29)27-13-11-19(12-14-27)23(25(30)31)28(36(32)33)20-7-3-17(4-8-20)18-5-9-21(34-2)10-6-18/h3-10,15,19,23H,11-14H2,1-2H3,(H,30,31)(H,32,33). The van der Waals surface area contributed by atoms with E-state index in [0.717, 1.165) is 21.2 Å². The summed E-state index contributed by atoms with van der Waals surface area (Å²) in [7, 11) is 1.59. The van der Waals surface area contributed by atoms with Gasteiger partial charge in [0, 0.05) is 19.2 Å². The molecule has 0 spiro atoms. The third-order valence-electron chi connectivity index (χ3n) is 6.34. The summed E-state index contributed by atoms with van der Waals surface area (Å²) in [5, 5.41) is 13.8. The number of aromatic nitrogens is 1. The first kappa shape index (κ1) is 25.4. The van der Waals surface area contributed by atoms with E-state index in [-0.39, 0.29) is 11.6 Å². The highest BCUT2D eigenvalue weighted by Crippen LogP contribution is 2.31. The lowest BCUT2D eigenvalue weighted by Crippen LogP contribution is -2.51. The molecule has 2 atom stereocenters. The van der Waals surface area contributed by atoms with E-state index in [0.29, 0.717) is 37.4 Å². The number of likely N-dealkylation sites (tertiary alicyclic amines) is 1. The number of aliphatic carboxylic acids is 1. The molecule has 36 heavy (non-hydrogen) atoms. The minimum absolute atomic E-state index is 0.204. The molecule has 4 rings (SSSR count). The van der Waals surface area contributed by atoms with Crippen molar-refractivity contribution in [1.82, 2.24) is 10.1 Å². The maximum atomic E-state index is 12.7. The van der Waals surface area contributed by atoms with Crippen molar-refractivity contribution in [3.63, 3.8) is 0 Å². The van der Waals surface area contributed by atoms with Crippen molar-refractivity contribution in [3.8, 4) is 16.9 Å². The molecule has 3 aromatic rings. The summed E-state index contributed by atoms with van der Waals surface area (Å²) in [5.74, 6) is -0.672. The molecule has 190 valence electrons. The number of hydrogen-bond acceptors (Lipinski definition) is 6. The Morgan fingerprint density at radius 2 is 1.69 bits per heavy atom. The average Bonchev–Trinajstić information content (AvgIpc) is 3.33. The molecule has 0 saturated carbocycles. The summed E-state index contributed by atoms with van der Waals surface area (Å²) < 4.78 is 33.6. The van der Waals surface area contributed by atoms with Crippen molar-refractivity contribution in [2.24, 2.45) is 5.92 Å². The molecular formula is C25H27N3O7S. The highest BCUT2D eigenvalue weighted by molar-refractivity contribution is 7.80. The van der Waals surface area contributed by atoms with Gasteiger partial charge in [-0.15, -0.1) is 0 Å². The van der Waals surface area contributed by atoms with Crippen molar-refractivity contribution in [3.05, 3.63) is 66.1 Å². The number of rotatable bonds is 8. The topological polar surface area (TPSA) is 133 Å². The van der Waals surface area contributed by atoms with Crippen LogP contribution < -0.4 is 9.04 Å². The lowest BCUT2D eigenvalue weighted by Gasteiger charge is -2.38. The van der Waals surface area contributed by atoms with Gasteiger partial charge < -0.3 is 19.3 Å². The van der Waals surface area contributed by atoms with Crippen molar-refractivity contribution in [2.75, 3.05) is 24.5 Å². The van der Waals surface area contributed by atoms with E-state index in [1.54, 1.807) is 49.3 Å². The normalized spacial score (nSPS) is 15.8. The van der Waals surface area contributed by atoms with Crippen molar-refractivity contribution in [2.45, 2.75) is 25.8 Å². The minimum Gasteiger partial charge on any atom is -0.497 e. The van der Waals surface area contributed by atoms with Crippen LogP contribution in [-0.2, 0) is 16.1 Å². The molecule has 2 unspecified atom stereocenters. The van der Waals surface area contributed by atoms with Crippen molar-refractivity contribution >= 4 is 28.8 Å². The third kappa shape index (κ3) is 5.42. The first-order valence-corrected chi connectivity index (χ1v) is 12.4. The number of carbonyl (C=O) groups excluding carboxylic acids is 1. The van der Waals surface area contributed by atoms with Crippen molar-refractivity contribution in [1.29, 1.82) is 0 Å². The maximum absolute atomic E-state index is 12.7. The Hall–Kier alpha value is -3.70. The second-order valence-electron chi connectivity index (χ2n) is 8.57. The van der Waals surface area contributed by atoms with E-state index in [1.165, 1.54) is 0 Å². The number of aryl methyl sites for hydroxylation is 1. The number of nitrogens with zero attached hydrogens (tertiary/aromatic N) is 3. The minimum atomic E-state index is -2.57. The molecule has 2 heterocycles. The van der Waals surface area contributed by atoms with E-state index in [4.69, 9.17) is 9.26 Å². The molecule has 11 heteroatoms. The van der Waals surface area contributed by atoms with E-state index >= 15 is 0 Å². The van der Waals surface area contributed by atoms with Gasteiger partial charge >= 0.3 is 5.97 Å². The Bertz CT molecular complexity index is 1240. The Morgan fingerprint density at radius 1 is 1.11 bits per heavy atom. The number of anilines is 1. The van der Waals surface area contributed by atoms with Crippen LogP contribution in [0.1, 0.15) is 29.1 Å². The monoisotopic (exact) mass is 513 g/mol. The highest BCUT2D eigenvalue weighted by Gasteiger charge is 2.39. The van der Waals surface area contributed by atoms with Crippen molar-refractivity contribution < 1.29 is 32.7 Å². The zero-order valence-corrected chi connectivity index (χ0v) is 20.7. The van der Waals surface area contributed by atoms with Gasteiger partial charge in [-0.25, -0.2) is 9.00 Å². The van der Waals surface area contributed by atoms with Crippen LogP contribution in [0.25, 0.3) is 11.1 Å². The van der Waals surface area contributed by atoms with E-state index in [9.17, 15) is 23.5 Å². The highest BCUT2D eigenvalue weighted by atomic mass is 32.2. The number of piperidine rings is 1. The number of carboxylic acid groups (broad SMARTS) is 1. The summed E-state index contributed by atoms with van der Waals surface area (Å²) in [5.41, 5.74) is 2.31. The molecule has 0 aliphatic carbocycles. The summed E-state index contributed by atoms with van der Waals surface area (Å²) in [4.78, 5) is 26.6. The largest absolute Gasteiger partial charge is 0.497 e. The molecular weight excluding hydrogens is 486 g/mol. The molecule has 2 N–H and O–H groups in total. The predicted octanol–water partition coefficient (Wildman–Crippen LogP) is 3.61. The first-order valence-electron chi connectivity index (χ1n) is 11.4. The van der Waals surface area contributed by atoms with E-state index < -0.39 is 29.2 Å². The van der Waals surface area contributed by atoms with Gasteiger partial charge in [0.2, 0.25) is 0 Å². The van der Waals surface area contributed by atoms with Gasteiger partial charge in [-0.1, -0.05) is 29.4 Å². The molecule has 1 aromatic heterocycles. The van der Waals surface area contributed by atoms with Crippen LogP contribution in [0.3, 0.4) is 0 Å². The van der Waals surface area contributed by atoms with Gasteiger partial charge in [0.1, 0.15) is 17.6 Å².